The molecule has 0 aliphatic carbocycles. The minimum Gasteiger partial charge on any atom is -0.365 e. The standard InChI is InChI=1S/C22H28N4OS/c1-28-21-19(6-4-10-24-21)22(27)26-12-7-17(8-13-26)5-2-3-11-25-14-9-18-15-23-16-20(18)25/h4,6,9-10,14-17,23H,2-3,5,7-8,11-13H2,1H3. The van der Waals surface area contributed by atoms with E-state index in [9.17, 15) is 4.79 Å². The molecular weight excluding hydrogens is 368 g/mol. The first-order valence-electron chi connectivity index (χ1n) is 10.2. The van der Waals surface area contributed by atoms with Crippen LogP contribution in [0.4, 0.5) is 0 Å². The van der Waals surface area contributed by atoms with Gasteiger partial charge in [0.1, 0.15) is 5.03 Å². The highest BCUT2D eigenvalue weighted by molar-refractivity contribution is 7.98. The summed E-state index contributed by atoms with van der Waals surface area (Å²) in [5.74, 6) is 0.883. The van der Waals surface area contributed by atoms with Crippen LogP contribution in [0.15, 0.2) is 48.0 Å². The third-order valence-electron chi connectivity index (χ3n) is 5.86. The third kappa shape index (κ3) is 4.12. The molecule has 4 rings (SSSR count). The number of unbranched alkanes of at least 4 members (excludes halogenated alkanes) is 1. The summed E-state index contributed by atoms with van der Waals surface area (Å²) in [4.78, 5) is 22.3. The van der Waals surface area contributed by atoms with Crippen LogP contribution in [-0.2, 0) is 6.54 Å². The van der Waals surface area contributed by atoms with E-state index in [2.05, 4.69) is 39.2 Å². The van der Waals surface area contributed by atoms with Gasteiger partial charge in [-0.3, -0.25) is 4.79 Å². The third-order valence-corrected chi connectivity index (χ3v) is 6.57. The van der Waals surface area contributed by atoms with Crippen molar-refractivity contribution in [1.29, 1.82) is 0 Å². The maximum Gasteiger partial charge on any atom is 0.256 e. The van der Waals surface area contributed by atoms with E-state index in [0.29, 0.717) is 0 Å². The molecule has 1 fully saturated rings. The first kappa shape index (κ1) is 19.1. The van der Waals surface area contributed by atoms with E-state index in [1.54, 1.807) is 6.20 Å². The average Bonchev–Trinajstić information content (AvgIpc) is 3.36. The van der Waals surface area contributed by atoms with Crippen molar-refractivity contribution in [1.82, 2.24) is 19.4 Å². The second-order valence-corrected chi connectivity index (χ2v) is 8.39. The number of pyridine rings is 1. The molecule has 0 saturated carbocycles. The Morgan fingerprint density at radius 2 is 2.11 bits per heavy atom. The number of nitrogens with zero attached hydrogens (tertiary/aromatic N) is 3. The molecule has 0 radical (unpaired) electrons. The average molecular weight is 397 g/mol. The number of carbonyl (C=O) groups excluding carboxylic acids is 1. The second kappa shape index (κ2) is 8.86. The van der Waals surface area contributed by atoms with E-state index in [1.807, 2.05) is 23.3 Å². The second-order valence-electron chi connectivity index (χ2n) is 7.60. The molecule has 6 heteroatoms. The van der Waals surface area contributed by atoms with Gasteiger partial charge >= 0.3 is 0 Å². The van der Waals surface area contributed by atoms with Crippen LogP contribution in [0.5, 0.6) is 0 Å². The Balaban J connectivity index is 1.21. The van der Waals surface area contributed by atoms with E-state index >= 15 is 0 Å². The fourth-order valence-corrected chi connectivity index (χ4v) is 4.76. The zero-order chi connectivity index (χ0) is 19.3. The number of fused-ring (bicyclic) bond motifs is 1. The van der Waals surface area contributed by atoms with Crippen LogP contribution < -0.4 is 0 Å². The van der Waals surface area contributed by atoms with Crippen molar-refractivity contribution in [2.45, 2.75) is 43.7 Å². The first-order chi connectivity index (χ1) is 13.8. The molecule has 28 heavy (non-hydrogen) atoms. The van der Waals surface area contributed by atoms with Gasteiger partial charge in [0.15, 0.2) is 0 Å². The quantitative estimate of drug-likeness (QED) is 0.461. The molecule has 0 atom stereocenters. The summed E-state index contributed by atoms with van der Waals surface area (Å²) in [6.07, 6.45) is 16.0. The molecule has 1 amide bonds. The SMILES string of the molecule is CSc1ncccc1C(=O)N1CCC(CCCCn2ccc3c[nH]cc32)CC1. The van der Waals surface area contributed by atoms with Gasteiger partial charge in [0, 0.05) is 49.8 Å². The summed E-state index contributed by atoms with van der Waals surface area (Å²) in [5, 5.41) is 2.12. The molecule has 148 valence electrons. The summed E-state index contributed by atoms with van der Waals surface area (Å²) in [6, 6.07) is 5.92. The number of aromatic amines is 1. The molecule has 1 N–H and O–H groups in total. The summed E-state index contributed by atoms with van der Waals surface area (Å²) >= 11 is 1.54. The van der Waals surface area contributed by atoms with Crippen LogP contribution >= 0.6 is 11.8 Å². The maximum absolute atomic E-state index is 12.8. The Morgan fingerprint density at radius 1 is 1.25 bits per heavy atom. The molecule has 0 aromatic carbocycles. The maximum atomic E-state index is 12.8. The number of thioether (sulfide) groups is 1. The number of rotatable bonds is 7. The predicted molar refractivity (Wildman–Crippen MR) is 115 cm³/mol. The van der Waals surface area contributed by atoms with Gasteiger partial charge in [-0.05, 0) is 49.6 Å². The summed E-state index contributed by atoms with van der Waals surface area (Å²) in [6.45, 7) is 2.82. The summed E-state index contributed by atoms with van der Waals surface area (Å²) in [5.41, 5.74) is 2.04. The van der Waals surface area contributed by atoms with Crippen LogP contribution in [0.2, 0.25) is 0 Å². The highest BCUT2D eigenvalue weighted by Crippen LogP contribution is 2.26. The van der Waals surface area contributed by atoms with Crippen molar-refractivity contribution in [3.8, 4) is 0 Å². The van der Waals surface area contributed by atoms with E-state index in [0.717, 1.165) is 49.0 Å². The number of aromatic nitrogens is 3. The summed E-state index contributed by atoms with van der Waals surface area (Å²) in [7, 11) is 0. The normalized spacial score (nSPS) is 15.4. The Morgan fingerprint density at radius 3 is 2.93 bits per heavy atom. The topological polar surface area (TPSA) is 53.9 Å². The van der Waals surface area contributed by atoms with Crippen molar-refractivity contribution < 1.29 is 4.79 Å². The zero-order valence-corrected chi connectivity index (χ0v) is 17.3. The lowest BCUT2D eigenvalue weighted by Gasteiger charge is -2.32. The Bertz CT molecular complexity index is 923. The highest BCUT2D eigenvalue weighted by atomic mass is 32.2. The number of H-pyrrole nitrogens is 1. The van der Waals surface area contributed by atoms with Gasteiger partial charge in [0.05, 0.1) is 11.1 Å². The molecule has 1 aliphatic rings. The zero-order valence-electron chi connectivity index (χ0n) is 16.4. The first-order valence-corrected chi connectivity index (χ1v) is 11.4. The molecular formula is C22H28N4OS. The van der Waals surface area contributed by atoms with Gasteiger partial charge in [-0.15, -0.1) is 11.8 Å². The van der Waals surface area contributed by atoms with Crippen molar-refractivity contribution >= 4 is 28.6 Å². The fourth-order valence-electron chi connectivity index (χ4n) is 4.22. The Kier molecular flexibility index (Phi) is 6.05. The van der Waals surface area contributed by atoms with Gasteiger partial charge in [-0.1, -0.05) is 12.8 Å². The van der Waals surface area contributed by atoms with E-state index in [1.165, 1.54) is 41.9 Å². The van der Waals surface area contributed by atoms with Crippen molar-refractivity contribution in [3.63, 3.8) is 0 Å². The number of carbonyl (C=O) groups is 1. The van der Waals surface area contributed by atoms with Gasteiger partial charge in [-0.2, -0.15) is 0 Å². The van der Waals surface area contributed by atoms with Gasteiger partial charge in [-0.25, -0.2) is 4.98 Å². The molecule has 3 aromatic rings. The smallest absolute Gasteiger partial charge is 0.256 e. The largest absolute Gasteiger partial charge is 0.365 e. The Labute approximate surface area is 170 Å². The van der Waals surface area contributed by atoms with Crippen molar-refractivity contribution in [2.75, 3.05) is 19.3 Å². The van der Waals surface area contributed by atoms with Gasteiger partial charge in [0.2, 0.25) is 0 Å². The molecule has 0 unspecified atom stereocenters. The predicted octanol–water partition coefficient (Wildman–Crippen LogP) is 4.81. The highest BCUT2D eigenvalue weighted by Gasteiger charge is 2.25. The summed E-state index contributed by atoms with van der Waals surface area (Å²) < 4.78 is 2.34. The number of hydrogen-bond acceptors (Lipinski definition) is 3. The van der Waals surface area contributed by atoms with Crippen LogP contribution in [0, 0.1) is 5.92 Å². The minimum absolute atomic E-state index is 0.138. The van der Waals surface area contributed by atoms with Gasteiger partial charge in [0.25, 0.3) is 5.91 Å². The lowest BCUT2D eigenvalue weighted by molar-refractivity contribution is 0.0681. The van der Waals surface area contributed by atoms with Crippen LogP contribution in [0.25, 0.3) is 10.9 Å². The lowest BCUT2D eigenvalue weighted by Crippen LogP contribution is -2.38. The van der Waals surface area contributed by atoms with E-state index < -0.39 is 0 Å². The minimum atomic E-state index is 0.138. The monoisotopic (exact) mass is 396 g/mol. The Hall–Kier alpha value is -2.21. The molecule has 1 saturated heterocycles. The molecule has 4 heterocycles. The number of likely N-dealkylation sites (tertiary alicyclic amines) is 1. The molecule has 5 nitrogen and oxygen atoms in total. The molecule has 3 aromatic heterocycles. The van der Waals surface area contributed by atoms with E-state index in [4.69, 9.17) is 0 Å². The number of piperidine rings is 1. The number of nitrogens with one attached hydrogen (secondary N) is 1. The molecule has 1 aliphatic heterocycles. The number of hydrogen-bond donors (Lipinski definition) is 1. The van der Waals surface area contributed by atoms with Crippen LogP contribution in [-0.4, -0.2) is 44.7 Å². The number of aryl methyl sites for hydroxylation is 1. The lowest BCUT2D eigenvalue weighted by atomic mass is 9.91. The van der Waals surface area contributed by atoms with Crippen molar-refractivity contribution in [2.24, 2.45) is 5.92 Å². The number of amides is 1. The van der Waals surface area contributed by atoms with Crippen LogP contribution in [0.1, 0.15) is 42.5 Å². The van der Waals surface area contributed by atoms with Crippen molar-refractivity contribution in [3.05, 3.63) is 48.5 Å². The van der Waals surface area contributed by atoms with E-state index in [-0.39, 0.29) is 5.91 Å². The van der Waals surface area contributed by atoms with Crippen LogP contribution in [0.3, 0.4) is 0 Å². The molecule has 0 bridgehead atoms. The fraction of sp³-hybridized carbons (Fsp3) is 0.455. The molecule has 0 spiro atoms. The van der Waals surface area contributed by atoms with Gasteiger partial charge < -0.3 is 14.5 Å².